The molecular formula is C18H21NO2. The van der Waals surface area contributed by atoms with Crippen LogP contribution in [0.4, 0.5) is 0 Å². The molecule has 2 aromatic rings. The molecule has 0 aromatic heterocycles. The van der Waals surface area contributed by atoms with E-state index in [2.05, 4.69) is 17.0 Å². The molecule has 1 saturated heterocycles. The van der Waals surface area contributed by atoms with E-state index in [4.69, 9.17) is 4.74 Å². The van der Waals surface area contributed by atoms with Gasteiger partial charge in [0.05, 0.1) is 6.10 Å². The van der Waals surface area contributed by atoms with Crippen LogP contribution in [0.15, 0.2) is 54.6 Å². The molecule has 0 bridgehead atoms. The van der Waals surface area contributed by atoms with Crippen molar-refractivity contribution in [3.05, 3.63) is 60.2 Å². The zero-order valence-electron chi connectivity index (χ0n) is 12.1. The normalized spacial score (nSPS) is 19.4. The predicted molar refractivity (Wildman–Crippen MR) is 83.5 cm³/mol. The Morgan fingerprint density at radius 3 is 2.67 bits per heavy atom. The number of hydrogen-bond acceptors (Lipinski definition) is 3. The van der Waals surface area contributed by atoms with Gasteiger partial charge in [0.2, 0.25) is 0 Å². The summed E-state index contributed by atoms with van der Waals surface area (Å²) >= 11 is 0. The van der Waals surface area contributed by atoms with Gasteiger partial charge in [0.25, 0.3) is 0 Å². The van der Waals surface area contributed by atoms with E-state index in [9.17, 15) is 5.11 Å². The topological polar surface area (TPSA) is 32.7 Å². The Morgan fingerprint density at radius 2 is 1.86 bits per heavy atom. The Morgan fingerprint density at radius 1 is 1.05 bits per heavy atom. The van der Waals surface area contributed by atoms with Gasteiger partial charge in [-0.15, -0.1) is 0 Å². The molecule has 1 N–H and O–H groups in total. The van der Waals surface area contributed by atoms with Crippen molar-refractivity contribution in [2.75, 3.05) is 13.1 Å². The minimum absolute atomic E-state index is 0.178. The highest BCUT2D eigenvalue weighted by Crippen LogP contribution is 2.23. The second-order valence-corrected chi connectivity index (χ2v) is 5.59. The van der Waals surface area contributed by atoms with E-state index in [1.54, 1.807) is 0 Å². The van der Waals surface area contributed by atoms with Crippen molar-refractivity contribution in [2.45, 2.75) is 25.5 Å². The van der Waals surface area contributed by atoms with E-state index in [1.165, 1.54) is 5.56 Å². The Kier molecular flexibility index (Phi) is 4.53. The maximum Gasteiger partial charge on any atom is 0.127 e. The van der Waals surface area contributed by atoms with Crippen molar-refractivity contribution in [3.63, 3.8) is 0 Å². The first-order valence-electron chi connectivity index (χ1n) is 7.52. The number of rotatable bonds is 4. The van der Waals surface area contributed by atoms with Crippen LogP contribution < -0.4 is 4.74 Å². The zero-order chi connectivity index (χ0) is 14.5. The maximum absolute atomic E-state index is 9.74. The fraction of sp³-hybridized carbons (Fsp3) is 0.333. The molecule has 3 heteroatoms. The average Bonchev–Trinajstić information content (AvgIpc) is 2.49. The quantitative estimate of drug-likeness (QED) is 0.933. The van der Waals surface area contributed by atoms with E-state index < -0.39 is 0 Å². The number of β-amino-alcohol motifs (C(OH)–C–C–N with tert-alkyl or cyclic N) is 1. The van der Waals surface area contributed by atoms with Crippen molar-refractivity contribution in [1.82, 2.24) is 4.90 Å². The lowest BCUT2D eigenvalue weighted by atomic mass is 10.1. The van der Waals surface area contributed by atoms with Crippen LogP contribution in [0.1, 0.15) is 18.4 Å². The van der Waals surface area contributed by atoms with Crippen LogP contribution in [-0.4, -0.2) is 29.2 Å². The molecule has 0 radical (unpaired) electrons. The summed E-state index contributed by atoms with van der Waals surface area (Å²) in [6.07, 6.45) is 1.82. The van der Waals surface area contributed by atoms with E-state index >= 15 is 0 Å². The number of hydrogen-bond donors (Lipinski definition) is 1. The van der Waals surface area contributed by atoms with Gasteiger partial charge in [-0.25, -0.2) is 0 Å². The molecular weight excluding hydrogens is 262 g/mol. The maximum atomic E-state index is 9.74. The fourth-order valence-corrected chi connectivity index (χ4v) is 2.76. The molecule has 21 heavy (non-hydrogen) atoms. The number of aliphatic hydroxyl groups is 1. The molecule has 3 nitrogen and oxygen atoms in total. The Labute approximate surface area is 125 Å². The Balaban J connectivity index is 1.65. The summed E-state index contributed by atoms with van der Waals surface area (Å²) in [6, 6.07) is 18.0. The summed E-state index contributed by atoms with van der Waals surface area (Å²) in [6.45, 7) is 2.69. The molecule has 0 amide bonds. The third-order valence-electron chi connectivity index (χ3n) is 3.76. The SMILES string of the molecule is OC1CCCN(Cc2cccc(Oc3ccccc3)c2)C1. The minimum atomic E-state index is -0.178. The molecule has 2 aromatic carbocycles. The van der Waals surface area contributed by atoms with Crippen molar-refractivity contribution in [3.8, 4) is 11.5 Å². The zero-order valence-corrected chi connectivity index (χ0v) is 12.1. The monoisotopic (exact) mass is 283 g/mol. The number of likely N-dealkylation sites (tertiary alicyclic amines) is 1. The van der Waals surface area contributed by atoms with Crippen LogP contribution in [0.5, 0.6) is 11.5 Å². The predicted octanol–water partition coefficient (Wildman–Crippen LogP) is 3.44. The number of nitrogens with zero attached hydrogens (tertiary/aromatic N) is 1. The van der Waals surface area contributed by atoms with Crippen LogP contribution in [-0.2, 0) is 6.54 Å². The Bertz CT molecular complexity index is 570. The van der Waals surface area contributed by atoms with E-state index in [0.29, 0.717) is 0 Å². The lowest BCUT2D eigenvalue weighted by molar-refractivity contribution is 0.0668. The van der Waals surface area contributed by atoms with Crippen LogP contribution in [0.3, 0.4) is 0 Å². The molecule has 0 saturated carbocycles. The molecule has 3 rings (SSSR count). The minimum Gasteiger partial charge on any atom is -0.457 e. The first-order valence-corrected chi connectivity index (χ1v) is 7.52. The van der Waals surface area contributed by atoms with Crippen LogP contribution in [0.25, 0.3) is 0 Å². The first-order chi connectivity index (χ1) is 10.3. The molecule has 1 fully saturated rings. The second-order valence-electron chi connectivity index (χ2n) is 5.59. The van der Waals surface area contributed by atoms with Gasteiger partial charge in [-0.05, 0) is 49.2 Å². The summed E-state index contributed by atoms with van der Waals surface area (Å²) in [5.41, 5.74) is 1.22. The highest BCUT2D eigenvalue weighted by atomic mass is 16.5. The van der Waals surface area contributed by atoms with Crippen LogP contribution in [0, 0.1) is 0 Å². The molecule has 1 heterocycles. The van der Waals surface area contributed by atoms with Gasteiger partial charge in [0.1, 0.15) is 11.5 Å². The second kappa shape index (κ2) is 6.74. The van der Waals surface area contributed by atoms with Crippen molar-refractivity contribution in [1.29, 1.82) is 0 Å². The van der Waals surface area contributed by atoms with Gasteiger partial charge in [-0.2, -0.15) is 0 Å². The van der Waals surface area contributed by atoms with Crippen molar-refractivity contribution < 1.29 is 9.84 Å². The third kappa shape index (κ3) is 4.06. The molecule has 1 atom stereocenters. The highest BCUT2D eigenvalue weighted by molar-refractivity contribution is 5.33. The number of para-hydroxylation sites is 1. The molecule has 110 valence electrons. The summed E-state index contributed by atoms with van der Waals surface area (Å²) < 4.78 is 5.86. The smallest absolute Gasteiger partial charge is 0.127 e. The molecule has 1 unspecified atom stereocenters. The van der Waals surface area contributed by atoms with Gasteiger partial charge < -0.3 is 9.84 Å². The standard InChI is InChI=1S/C18H21NO2/c20-16-7-5-11-19(14-16)13-15-6-4-10-18(12-15)21-17-8-2-1-3-9-17/h1-4,6,8-10,12,16,20H,5,7,11,13-14H2. The summed E-state index contributed by atoms with van der Waals surface area (Å²) in [4.78, 5) is 2.30. The van der Waals surface area contributed by atoms with Crippen LogP contribution in [0.2, 0.25) is 0 Å². The largest absolute Gasteiger partial charge is 0.457 e. The van der Waals surface area contributed by atoms with E-state index in [-0.39, 0.29) is 6.10 Å². The molecule has 1 aliphatic rings. The molecule has 1 aliphatic heterocycles. The summed E-state index contributed by atoms with van der Waals surface area (Å²) in [5, 5.41) is 9.74. The highest BCUT2D eigenvalue weighted by Gasteiger charge is 2.17. The van der Waals surface area contributed by atoms with Crippen LogP contribution >= 0.6 is 0 Å². The molecule has 0 aliphatic carbocycles. The van der Waals surface area contributed by atoms with Gasteiger partial charge in [-0.1, -0.05) is 30.3 Å². The van der Waals surface area contributed by atoms with Gasteiger partial charge in [0, 0.05) is 13.1 Å². The van der Waals surface area contributed by atoms with Crippen molar-refractivity contribution >= 4 is 0 Å². The third-order valence-corrected chi connectivity index (χ3v) is 3.76. The number of piperidine rings is 1. The summed E-state index contributed by atoms with van der Waals surface area (Å²) in [5.74, 6) is 1.71. The number of benzene rings is 2. The average molecular weight is 283 g/mol. The fourth-order valence-electron chi connectivity index (χ4n) is 2.76. The van der Waals surface area contributed by atoms with E-state index in [1.807, 2.05) is 42.5 Å². The van der Waals surface area contributed by atoms with Gasteiger partial charge in [-0.3, -0.25) is 4.90 Å². The lowest BCUT2D eigenvalue weighted by Gasteiger charge is -2.30. The van der Waals surface area contributed by atoms with Crippen molar-refractivity contribution in [2.24, 2.45) is 0 Å². The first kappa shape index (κ1) is 14.1. The van der Waals surface area contributed by atoms with Gasteiger partial charge >= 0.3 is 0 Å². The Hall–Kier alpha value is -1.84. The summed E-state index contributed by atoms with van der Waals surface area (Å²) in [7, 11) is 0. The lowest BCUT2D eigenvalue weighted by Crippen LogP contribution is -2.37. The van der Waals surface area contributed by atoms with E-state index in [0.717, 1.165) is 44.0 Å². The van der Waals surface area contributed by atoms with Gasteiger partial charge in [0.15, 0.2) is 0 Å². The number of aliphatic hydroxyl groups excluding tert-OH is 1. The molecule has 0 spiro atoms. The number of ether oxygens (including phenoxy) is 1.